The normalized spacial score (nSPS) is 10.2. The second-order valence-electron chi connectivity index (χ2n) is 5.61. The SMILES string of the molecule is CCCCCCCCCCCCc1cc(C#N)c(C#N)s1. The zero-order valence-corrected chi connectivity index (χ0v) is 14.0. The van der Waals surface area contributed by atoms with Gasteiger partial charge in [0.2, 0.25) is 0 Å². The lowest BCUT2D eigenvalue weighted by atomic mass is 10.1. The summed E-state index contributed by atoms with van der Waals surface area (Å²) in [7, 11) is 0. The monoisotopic (exact) mass is 302 g/mol. The second-order valence-corrected chi connectivity index (χ2v) is 6.75. The van der Waals surface area contributed by atoms with Crippen LogP contribution >= 0.6 is 11.3 Å². The molecule has 0 amide bonds. The van der Waals surface area contributed by atoms with E-state index in [4.69, 9.17) is 10.5 Å². The third kappa shape index (κ3) is 7.30. The van der Waals surface area contributed by atoms with Crippen LogP contribution in [-0.4, -0.2) is 0 Å². The van der Waals surface area contributed by atoms with Gasteiger partial charge in [-0.05, 0) is 18.9 Å². The first-order valence-corrected chi connectivity index (χ1v) is 9.06. The number of hydrogen-bond donors (Lipinski definition) is 0. The average molecular weight is 302 g/mol. The Hall–Kier alpha value is -1.32. The molecule has 2 nitrogen and oxygen atoms in total. The van der Waals surface area contributed by atoms with Crippen LogP contribution in [0.3, 0.4) is 0 Å². The maximum Gasteiger partial charge on any atom is 0.122 e. The lowest BCUT2D eigenvalue weighted by Crippen LogP contribution is -1.84. The minimum absolute atomic E-state index is 0.546. The maximum atomic E-state index is 8.92. The Bertz CT molecular complexity index is 445. The minimum atomic E-state index is 0.546. The quantitative estimate of drug-likeness (QED) is 0.474. The highest BCUT2D eigenvalue weighted by Gasteiger charge is 2.07. The molecule has 0 atom stereocenters. The summed E-state index contributed by atoms with van der Waals surface area (Å²) >= 11 is 1.48. The summed E-state index contributed by atoms with van der Waals surface area (Å²) in [5.74, 6) is 0. The van der Waals surface area contributed by atoms with Crippen LogP contribution in [0.15, 0.2) is 6.07 Å². The summed E-state index contributed by atoms with van der Waals surface area (Å²) in [6.07, 6.45) is 14.4. The summed E-state index contributed by atoms with van der Waals surface area (Å²) < 4.78 is 0. The van der Waals surface area contributed by atoms with Gasteiger partial charge in [-0.2, -0.15) is 10.5 Å². The van der Waals surface area contributed by atoms with Crippen molar-refractivity contribution >= 4 is 11.3 Å². The van der Waals surface area contributed by atoms with E-state index in [9.17, 15) is 0 Å². The van der Waals surface area contributed by atoms with Crippen molar-refractivity contribution < 1.29 is 0 Å². The van der Waals surface area contributed by atoms with E-state index in [1.54, 1.807) is 0 Å². The predicted molar refractivity (Wildman–Crippen MR) is 89.3 cm³/mol. The lowest BCUT2D eigenvalue weighted by molar-refractivity contribution is 0.557. The molecule has 0 aliphatic rings. The van der Waals surface area contributed by atoms with Crippen LogP contribution in [0.5, 0.6) is 0 Å². The molecule has 0 saturated carbocycles. The highest BCUT2D eigenvalue weighted by molar-refractivity contribution is 7.12. The van der Waals surface area contributed by atoms with E-state index in [1.165, 1.54) is 80.4 Å². The van der Waals surface area contributed by atoms with Crippen LogP contribution in [0.1, 0.15) is 86.4 Å². The fourth-order valence-electron chi connectivity index (χ4n) is 2.52. The number of aryl methyl sites for hydroxylation is 1. The Balaban J connectivity index is 2.03. The Morgan fingerprint density at radius 3 is 1.90 bits per heavy atom. The minimum Gasteiger partial charge on any atom is -0.192 e. The van der Waals surface area contributed by atoms with Crippen LogP contribution in [0.25, 0.3) is 0 Å². The van der Waals surface area contributed by atoms with Gasteiger partial charge in [0.25, 0.3) is 0 Å². The first kappa shape index (κ1) is 17.7. The number of nitrogens with zero attached hydrogens (tertiary/aromatic N) is 2. The van der Waals surface area contributed by atoms with Gasteiger partial charge in [-0.1, -0.05) is 64.7 Å². The Morgan fingerprint density at radius 1 is 0.857 bits per heavy atom. The van der Waals surface area contributed by atoms with Crippen LogP contribution in [-0.2, 0) is 6.42 Å². The van der Waals surface area contributed by atoms with E-state index >= 15 is 0 Å². The van der Waals surface area contributed by atoms with Crippen molar-refractivity contribution in [2.24, 2.45) is 0 Å². The molecule has 0 N–H and O–H groups in total. The summed E-state index contributed by atoms with van der Waals surface area (Å²) in [5, 5.41) is 17.8. The van der Waals surface area contributed by atoms with Crippen LogP contribution in [0.2, 0.25) is 0 Å². The molecule has 0 spiro atoms. The van der Waals surface area contributed by atoms with Crippen molar-refractivity contribution in [2.75, 3.05) is 0 Å². The van der Waals surface area contributed by atoms with Gasteiger partial charge in [0.05, 0.1) is 5.56 Å². The average Bonchev–Trinajstić information content (AvgIpc) is 2.91. The molecule has 3 heteroatoms. The van der Waals surface area contributed by atoms with Crippen molar-refractivity contribution in [3.05, 3.63) is 21.4 Å². The molecule has 0 aliphatic heterocycles. The topological polar surface area (TPSA) is 47.6 Å². The molecule has 0 radical (unpaired) electrons. The van der Waals surface area contributed by atoms with Gasteiger partial charge >= 0.3 is 0 Å². The van der Waals surface area contributed by atoms with Crippen LogP contribution in [0.4, 0.5) is 0 Å². The van der Waals surface area contributed by atoms with E-state index < -0.39 is 0 Å². The van der Waals surface area contributed by atoms with E-state index in [0.717, 1.165) is 6.42 Å². The van der Waals surface area contributed by atoms with Crippen molar-refractivity contribution in [1.82, 2.24) is 0 Å². The molecular weight excluding hydrogens is 276 g/mol. The first-order chi connectivity index (χ1) is 10.3. The summed E-state index contributed by atoms with van der Waals surface area (Å²) in [6, 6.07) is 6.08. The largest absolute Gasteiger partial charge is 0.192 e. The van der Waals surface area contributed by atoms with Crippen molar-refractivity contribution in [3.63, 3.8) is 0 Å². The van der Waals surface area contributed by atoms with Gasteiger partial charge in [0, 0.05) is 4.88 Å². The zero-order chi connectivity index (χ0) is 15.3. The Kier molecular flexibility index (Phi) is 9.58. The number of nitriles is 2. The molecule has 0 aromatic carbocycles. The molecule has 1 aromatic heterocycles. The highest BCUT2D eigenvalue weighted by Crippen LogP contribution is 2.23. The summed E-state index contributed by atoms with van der Waals surface area (Å²) in [6.45, 7) is 2.26. The van der Waals surface area contributed by atoms with Gasteiger partial charge in [-0.15, -0.1) is 11.3 Å². The molecule has 0 unspecified atom stereocenters. The van der Waals surface area contributed by atoms with Crippen LogP contribution < -0.4 is 0 Å². The second kappa shape index (κ2) is 11.4. The first-order valence-electron chi connectivity index (χ1n) is 8.24. The Labute approximate surface area is 133 Å². The molecule has 1 heterocycles. The predicted octanol–water partition coefficient (Wildman–Crippen LogP) is 5.95. The third-order valence-electron chi connectivity index (χ3n) is 3.78. The summed E-state index contributed by atoms with van der Waals surface area (Å²) in [4.78, 5) is 1.75. The van der Waals surface area contributed by atoms with Crippen molar-refractivity contribution in [3.8, 4) is 12.1 Å². The van der Waals surface area contributed by atoms with E-state index in [-0.39, 0.29) is 0 Å². The van der Waals surface area contributed by atoms with Gasteiger partial charge in [0.1, 0.15) is 17.0 Å². The van der Waals surface area contributed by atoms with Crippen LogP contribution in [0, 0.1) is 22.7 Å². The molecule has 1 rings (SSSR count). The van der Waals surface area contributed by atoms with E-state index in [0.29, 0.717) is 10.4 Å². The van der Waals surface area contributed by atoms with Gasteiger partial charge in [0.15, 0.2) is 0 Å². The van der Waals surface area contributed by atoms with Crippen molar-refractivity contribution in [1.29, 1.82) is 10.5 Å². The third-order valence-corrected chi connectivity index (χ3v) is 4.88. The maximum absolute atomic E-state index is 8.92. The fourth-order valence-corrected chi connectivity index (χ4v) is 3.46. The molecule has 21 heavy (non-hydrogen) atoms. The molecule has 0 bridgehead atoms. The molecule has 1 aromatic rings. The van der Waals surface area contributed by atoms with E-state index in [1.807, 2.05) is 6.07 Å². The van der Waals surface area contributed by atoms with Gasteiger partial charge in [-0.25, -0.2) is 0 Å². The number of rotatable bonds is 11. The highest BCUT2D eigenvalue weighted by atomic mass is 32.1. The fraction of sp³-hybridized carbons (Fsp3) is 0.667. The molecule has 0 fully saturated rings. The van der Waals surface area contributed by atoms with Gasteiger partial charge < -0.3 is 0 Å². The lowest BCUT2D eigenvalue weighted by Gasteiger charge is -2.01. The standard InChI is InChI=1S/C18H26N2S/c1-2-3-4-5-6-7-8-9-10-11-12-17-13-16(14-19)18(15-20)21-17/h13H,2-12H2,1H3. The zero-order valence-electron chi connectivity index (χ0n) is 13.2. The molecule has 114 valence electrons. The molecule has 0 aliphatic carbocycles. The molecule has 0 saturated heterocycles. The number of hydrogen-bond acceptors (Lipinski definition) is 3. The number of unbranched alkanes of at least 4 members (excludes halogenated alkanes) is 9. The van der Waals surface area contributed by atoms with Crippen molar-refractivity contribution in [2.45, 2.75) is 77.6 Å². The Morgan fingerprint density at radius 2 is 1.43 bits per heavy atom. The molecular formula is C18H26N2S. The van der Waals surface area contributed by atoms with Gasteiger partial charge in [-0.3, -0.25) is 0 Å². The smallest absolute Gasteiger partial charge is 0.122 e. The summed E-state index contributed by atoms with van der Waals surface area (Å²) in [5.41, 5.74) is 0.546. The van der Waals surface area contributed by atoms with E-state index in [2.05, 4.69) is 19.1 Å². The number of thiophene rings is 1.